The van der Waals surface area contributed by atoms with E-state index >= 15 is 0 Å². The molecule has 0 bridgehead atoms. The van der Waals surface area contributed by atoms with Crippen LogP contribution in [0.15, 0.2) is 0 Å². The Kier molecular flexibility index (Phi) is 7.19. The number of hydrogen-bond acceptors (Lipinski definition) is 6. The Morgan fingerprint density at radius 2 is 2.04 bits per heavy atom. The Bertz CT molecular complexity index is 598. The SMILES string of the molecule is COC(=O)c1sc(NC(=O)[C@H]2CCN[C@@H](C)C2)nc1C(C)(C)C.Cl. The molecule has 136 valence electrons. The average Bonchev–Trinajstić information content (AvgIpc) is 2.90. The van der Waals surface area contributed by atoms with Gasteiger partial charge in [-0.25, -0.2) is 9.78 Å². The van der Waals surface area contributed by atoms with E-state index in [1.807, 2.05) is 20.8 Å². The maximum absolute atomic E-state index is 12.4. The smallest absolute Gasteiger partial charge is 0.350 e. The predicted molar refractivity (Wildman–Crippen MR) is 98.2 cm³/mol. The molecule has 0 unspecified atom stereocenters. The van der Waals surface area contributed by atoms with E-state index in [0.29, 0.717) is 21.7 Å². The first-order chi connectivity index (χ1) is 10.7. The number of piperidine rings is 1. The Morgan fingerprint density at radius 3 is 2.58 bits per heavy atom. The van der Waals surface area contributed by atoms with E-state index in [2.05, 4.69) is 22.5 Å². The highest BCUT2D eigenvalue weighted by Gasteiger charge is 2.30. The molecule has 8 heteroatoms. The molecule has 2 atom stereocenters. The number of amides is 1. The largest absolute Gasteiger partial charge is 0.465 e. The van der Waals surface area contributed by atoms with Crippen LogP contribution in [0.25, 0.3) is 0 Å². The van der Waals surface area contributed by atoms with Gasteiger partial charge in [-0.3, -0.25) is 4.79 Å². The molecule has 1 aliphatic rings. The topological polar surface area (TPSA) is 80.3 Å². The summed E-state index contributed by atoms with van der Waals surface area (Å²) in [7, 11) is 1.35. The van der Waals surface area contributed by atoms with Crippen molar-refractivity contribution >= 4 is 40.8 Å². The fourth-order valence-electron chi connectivity index (χ4n) is 2.69. The summed E-state index contributed by atoms with van der Waals surface area (Å²) in [5.74, 6) is -0.456. The van der Waals surface area contributed by atoms with Gasteiger partial charge in [-0.2, -0.15) is 0 Å². The van der Waals surface area contributed by atoms with Gasteiger partial charge in [0, 0.05) is 17.4 Å². The molecule has 1 amide bonds. The summed E-state index contributed by atoms with van der Waals surface area (Å²) in [5.41, 5.74) is 0.357. The minimum Gasteiger partial charge on any atom is -0.465 e. The molecule has 2 N–H and O–H groups in total. The van der Waals surface area contributed by atoms with E-state index in [9.17, 15) is 9.59 Å². The van der Waals surface area contributed by atoms with Crippen molar-refractivity contribution in [1.82, 2.24) is 10.3 Å². The molecule has 0 aliphatic carbocycles. The van der Waals surface area contributed by atoms with Crippen LogP contribution in [-0.2, 0) is 14.9 Å². The number of ether oxygens (including phenoxy) is 1. The van der Waals surface area contributed by atoms with Crippen molar-refractivity contribution in [3.63, 3.8) is 0 Å². The Hall–Kier alpha value is -1.18. The molecule has 1 aromatic rings. The molecule has 0 saturated carbocycles. The minimum absolute atomic E-state index is 0. The van der Waals surface area contributed by atoms with E-state index < -0.39 is 5.97 Å². The number of anilines is 1. The van der Waals surface area contributed by atoms with Crippen LogP contribution in [0.1, 0.15) is 55.9 Å². The summed E-state index contributed by atoms with van der Waals surface area (Å²) in [5, 5.41) is 6.67. The quantitative estimate of drug-likeness (QED) is 0.794. The number of esters is 1. The molecule has 1 fully saturated rings. The molecule has 0 aromatic carbocycles. The number of hydrogen-bond donors (Lipinski definition) is 2. The lowest BCUT2D eigenvalue weighted by Gasteiger charge is -2.26. The van der Waals surface area contributed by atoms with Crippen LogP contribution in [0.2, 0.25) is 0 Å². The maximum Gasteiger partial charge on any atom is 0.350 e. The van der Waals surface area contributed by atoms with Gasteiger partial charge in [0.15, 0.2) is 5.13 Å². The highest BCUT2D eigenvalue weighted by molar-refractivity contribution is 7.17. The third-order valence-corrected chi connectivity index (χ3v) is 4.88. The van der Waals surface area contributed by atoms with Crippen molar-refractivity contribution in [3.05, 3.63) is 10.6 Å². The van der Waals surface area contributed by atoms with Gasteiger partial charge in [-0.15, -0.1) is 12.4 Å². The number of rotatable bonds is 3. The second-order valence-corrected chi connectivity index (χ2v) is 8.00. The summed E-state index contributed by atoms with van der Waals surface area (Å²) in [6.07, 6.45) is 1.63. The van der Waals surface area contributed by atoms with E-state index in [1.165, 1.54) is 18.4 Å². The number of aromatic nitrogens is 1. The summed E-state index contributed by atoms with van der Waals surface area (Å²) in [6.45, 7) is 8.87. The highest BCUT2D eigenvalue weighted by atomic mass is 35.5. The van der Waals surface area contributed by atoms with Crippen molar-refractivity contribution in [1.29, 1.82) is 0 Å². The Balaban J connectivity index is 0.00000288. The normalized spacial score (nSPS) is 20.9. The molecular weight excluding hydrogens is 350 g/mol. The van der Waals surface area contributed by atoms with Crippen molar-refractivity contribution in [2.45, 2.75) is 52.0 Å². The third-order valence-electron chi connectivity index (χ3n) is 3.93. The zero-order valence-corrected chi connectivity index (χ0v) is 16.4. The van der Waals surface area contributed by atoms with E-state index in [4.69, 9.17) is 4.74 Å². The highest BCUT2D eigenvalue weighted by Crippen LogP contribution is 2.33. The van der Waals surface area contributed by atoms with Crippen LogP contribution in [0, 0.1) is 5.92 Å². The number of methoxy groups -OCH3 is 1. The Morgan fingerprint density at radius 1 is 1.38 bits per heavy atom. The molecule has 0 radical (unpaired) electrons. The lowest BCUT2D eigenvalue weighted by atomic mass is 9.91. The van der Waals surface area contributed by atoms with Gasteiger partial charge in [-0.1, -0.05) is 32.1 Å². The first-order valence-electron chi connectivity index (χ1n) is 7.86. The van der Waals surface area contributed by atoms with Crippen molar-refractivity contribution in [3.8, 4) is 0 Å². The summed E-state index contributed by atoms with van der Waals surface area (Å²) in [4.78, 5) is 29.3. The number of nitrogens with one attached hydrogen (secondary N) is 2. The molecule has 24 heavy (non-hydrogen) atoms. The van der Waals surface area contributed by atoms with Crippen molar-refractivity contribution in [2.75, 3.05) is 19.0 Å². The second-order valence-electron chi connectivity index (χ2n) is 7.00. The van der Waals surface area contributed by atoms with Crippen LogP contribution in [0.5, 0.6) is 0 Å². The van der Waals surface area contributed by atoms with E-state index in [-0.39, 0.29) is 29.6 Å². The van der Waals surface area contributed by atoms with Crippen LogP contribution >= 0.6 is 23.7 Å². The van der Waals surface area contributed by atoms with E-state index in [0.717, 1.165) is 19.4 Å². The molecule has 1 saturated heterocycles. The first-order valence-corrected chi connectivity index (χ1v) is 8.68. The van der Waals surface area contributed by atoms with Gasteiger partial charge < -0.3 is 15.4 Å². The number of thiazole rings is 1. The van der Waals surface area contributed by atoms with Crippen LogP contribution < -0.4 is 10.6 Å². The third kappa shape index (κ3) is 4.91. The fraction of sp³-hybridized carbons (Fsp3) is 0.688. The summed E-state index contributed by atoms with van der Waals surface area (Å²) < 4.78 is 4.83. The number of carbonyl (C=O) groups excluding carboxylic acids is 2. The van der Waals surface area contributed by atoms with Crippen molar-refractivity contribution < 1.29 is 14.3 Å². The van der Waals surface area contributed by atoms with Gasteiger partial charge in [0.05, 0.1) is 12.8 Å². The predicted octanol–water partition coefficient (Wildman–Crippen LogP) is 2.98. The molecule has 2 rings (SSSR count). The van der Waals surface area contributed by atoms with Crippen molar-refractivity contribution in [2.24, 2.45) is 5.92 Å². The van der Waals surface area contributed by atoms with Crippen LogP contribution in [-0.4, -0.2) is 36.6 Å². The number of nitrogens with zero attached hydrogens (tertiary/aromatic N) is 1. The fourth-order valence-corrected chi connectivity index (χ4v) is 3.79. The molecular formula is C16H26ClN3O3S. The number of carbonyl (C=O) groups is 2. The second kappa shape index (κ2) is 8.27. The first kappa shape index (κ1) is 20.9. The minimum atomic E-state index is -0.414. The molecule has 1 aromatic heterocycles. The number of halogens is 1. The zero-order chi connectivity index (χ0) is 17.2. The average molecular weight is 376 g/mol. The Labute approximate surface area is 153 Å². The molecule has 2 heterocycles. The standard InChI is InChI=1S/C16H25N3O3S.ClH/c1-9-8-10(6-7-17-9)13(20)19-15-18-12(16(2,3)4)11(23-15)14(21)22-5;/h9-10,17H,6-8H2,1-5H3,(H,18,19,20);1H/t9-,10-;/m0./s1. The van der Waals surface area contributed by atoms with Gasteiger partial charge >= 0.3 is 5.97 Å². The van der Waals surface area contributed by atoms with E-state index in [1.54, 1.807) is 0 Å². The van der Waals surface area contributed by atoms with Gasteiger partial charge in [0.2, 0.25) is 5.91 Å². The molecule has 0 spiro atoms. The lowest BCUT2D eigenvalue weighted by Crippen LogP contribution is -2.40. The van der Waals surface area contributed by atoms with Gasteiger partial charge in [-0.05, 0) is 26.3 Å². The summed E-state index contributed by atoms with van der Waals surface area (Å²) in [6, 6.07) is 0.339. The van der Waals surface area contributed by atoms with Gasteiger partial charge in [0.1, 0.15) is 4.88 Å². The van der Waals surface area contributed by atoms with Crippen LogP contribution in [0.4, 0.5) is 5.13 Å². The monoisotopic (exact) mass is 375 g/mol. The molecule has 6 nitrogen and oxygen atoms in total. The molecule has 1 aliphatic heterocycles. The van der Waals surface area contributed by atoms with Gasteiger partial charge in [0.25, 0.3) is 0 Å². The zero-order valence-electron chi connectivity index (χ0n) is 14.8. The maximum atomic E-state index is 12.4. The van der Waals surface area contributed by atoms with Crippen LogP contribution in [0.3, 0.4) is 0 Å². The lowest BCUT2D eigenvalue weighted by molar-refractivity contribution is -0.120. The summed E-state index contributed by atoms with van der Waals surface area (Å²) >= 11 is 1.18.